The van der Waals surface area contributed by atoms with Gasteiger partial charge in [0.15, 0.2) is 0 Å². The second-order valence-corrected chi connectivity index (χ2v) is 9.17. The number of hydrogen-bond acceptors (Lipinski definition) is 8. The van der Waals surface area contributed by atoms with Crippen molar-refractivity contribution in [2.45, 2.75) is 35.1 Å². The van der Waals surface area contributed by atoms with Crippen molar-refractivity contribution in [1.29, 1.82) is 0 Å². The third kappa shape index (κ3) is 3.66. The first-order valence-corrected chi connectivity index (χ1v) is 10.6. The molecule has 9 nitrogen and oxygen atoms in total. The second-order valence-electron chi connectivity index (χ2n) is 7.74. The Morgan fingerprint density at radius 2 is 1.97 bits per heavy atom. The molecule has 0 unspecified atom stereocenters. The lowest BCUT2D eigenvalue weighted by Crippen LogP contribution is -2.49. The van der Waals surface area contributed by atoms with E-state index in [4.69, 9.17) is 23.1 Å². The van der Waals surface area contributed by atoms with Crippen LogP contribution in [0.15, 0.2) is 37.8 Å². The van der Waals surface area contributed by atoms with Crippen LogP contribution in [0.4, 0.5) is 11.8 Å². The van der Waals surface area contributed by atoms with Crippen LogP contribution in [0, 0.1) is 0 Å². The number of rotatable bonds is 3. The lowest BCUT2D eigenvalue weighted by Gasteiger charge is -2.37. The molecule has 2 aromatic heterocycles. The number of halogens is 1. The van der Waals surface area contributed by atoms with Crippen molar-refractivity contribution < 1.29 is 0 Å². The molecule has 1 fully saturated rings. The molecule has 1 aliphatic heterocycles. The van der Waals surface area contributed by atoms with E-state index in [0.29, 0.717) is 29.5 Å². The molecule has 1 aromatic carbocycles. The van der Waals surface area contributed by atoms with Crippen LogP contribution in [-0.4, -0.2) is 38.1 Å². The molecular formula is C19H22ClN7O2S. The summed E-state index contributed by atoms with van der Waals surface area (Å²) in [5.41, 5.74) is 12.0. The predicted molar refractivity (Wildman–Crippen MR) is 119 cm³/mol. The standard InChI is InChI=1S/C19H22ClN7O2S/c1-19(22)5-7-27(8-6-19)18-25-15(21)14(17(29)26(18)2)30-11-4-3-10-12(13(11)20)16(28)24-9-23-10/h3-4,9H,5-8,21-22H2,1-2H3,(H,23,24,28). The summed E-state index contributed by atoms with van der Waals surface area (Å²) in [5.74, 6) is 0.637. The summed E-state index contributed by atoms with van der Waals surface area (Å²) in [6, 6.07) is 3.39. The number of aromatic nitrogens is 4. The zero-order valence-electron chi connectivity index (χ0n) is 16.6. The second kappa shape index (κ2) is 7.60. The van der Waals surface area contributed by atoms with Crippen LogP contribution in [0.25, 0.3) is 10.9 Å². The Morgan fingerprint density at radius 3 is 2.67 bits per heavy atom. The Kier molecular flexibility index (Phi) is 5.25. The normalized spacial score (nSPS) is 16.2. The average molecular weight is 448 g/mol. The molecule has 0 saturated carbocycles. The van der Waals surface area contributed by atoms with Gasteiger partial charge in [0.1, 0.15) is 10.7 Å². The van der Waals surface area contributed by atoms with Crippen molar-refractivity contribution in [3.8, 4) is 0 Å². The molecule has 30 heavy (non-hydrogen) atoms. The van der Waals surface area contributed by atoms with Gasteiger partial charge in [-0.15, -0.1) is 0 Å². The fourth-order valence-electron chi connectivity index (χ4n) is 3.47. The molecule has 3 aromatic rings. The number of nitrogens with two attached hydrogens (primary N) is 2. The van der Waals surface area contributed by atoms with Gasteiger partial charge in [-0.25, -0.2) is 4.98 Å². The first kappa shape index (κ1) is 20.7. The van der Waals surface area contributed by atoms with Gasteiger partial charge in [-0.3, -0.25) is 14.2 Å². The Bertz CT molecular complexity index is 1240. The summed E-state index contributed by atoms with van der Waals surface area (Å²) >= 11 is 7.54. The largest absolute Gasteiger partial charge is 0.382 e. The monoisotopic (exact) mass is 447 g/mol. The van der Waals surface area contributed by atoms with Crippen LogP contribution in [0.2, 0.25) is 5.02 Å². The van der Waals surface area contributed by atoms with Gasteiger partial charge in [0.2, 0.25) is 5.95 Å². The lowest BCUT2D eigenvalue weighted by molar-refractivity contribution is 0.360. The van der Waals surface area contributed by atoms with E-state index in [-0.39, 0.29) is 37.8 Å². The number of hydrogen-bond donors (Lipinski definition) is 3. The van der Waals surface area contributed by atoms with Crippen molar-refractivity contribution >= 4 is 46.0 Å². The minimum atomic E-state index is -0.348. The number of benzene rings is 1. The zero-order valence-corrected chi connectivity index (χ0v) is 18.2. The summed E-state index contributed by atoms with van der Waals surface area (Å²) in [6.07, 6.45) is 2.92. The van der Waals surface area contributed by atoms with Gasteiger partial charge in [-0.05, 0) is 31.9 Å². The molecule has 1 saturated heterocycles. The minimum absolute atomic E-state index is 0.121. The number of nitrogens with zero attached hydrogens (tertiary/aromatic N) is 4. The molecule has 158 valence electrons. The molecule has 11 heteroatoms. The third-order valence-corrected chi connectivity index (χ3v) is 7.02. The van der Waals surface area contributed by atoms with E-state index < -0.39 is 0 Å². The molecule has 4 rings (SSSR count). The van der Waals surface area contributed by atoms with E-state index in [0.717, 1.165) is 24.6 Å². The zero-order chi connectivity index (χ0) is 21.6. The summed E-state index contributed by atoms with van der Waals surface area (Å²) in [5, 5.41) is 0.484. The number of anilines is 2. The van der Waals surface area contributed by atoms with E-state index in [1.807, 2.05) is 11.8 Å². The first-order valence-electron chi connectivity index (χ1n) is 9.42. The van der Waals surface area contributed by atoms with E-state index in [1.54, 1.807) is 19.2 Å². The highest BCUT2D eigenvalue weighted by atomic mass is 35.5. The lowest BCUT2D eigenvalue weighted by atomic mass is 9.91. The fraction of sp³-hybridized carbons (Fsp3) is 0.368. The quantitative estimate of drug-likeness (QED) is 0.552. The van der Waals surface area contributed by atoms with Gasteiger partial charge >= 0.3 is 0 Å². The van der Waals surface area contributed by atoms with Gasteiger partial charge in [-0.2, -0.15) is 4.98 Å². The van der Waals surface area contributed by atoms with Crippen molar-refractivity contribution in [2.75, 3.05) is 23.7 Å². The summed E-state index contributed by atoms with van der Waals surface area (Å²) in [7, 11) is 1.67. The van der Waals surface area contributed by atoms with Gasteiger partial charge in [0.25, 0.3) is 11.1 Å². The van der Waals surface area contributed by atoms with Gasteiger partial charge in [0, 0.05) is 30.6 Å². The number of H-pyrrole nitrogens is 1. The highest BCUT2D eigenvalue weighted by Gasteiger charge is 2.28. The predicted octanol–water partition coefficient (Wildman–Crippen LogP) is 1.72. The molecule has 0 aliphatic carbocycles. The molecule has 0 radical (unpaired) electrons. The number of piperidine rings is 1. The number of nitrogens with one attached hydrogen (secondary N) is 1. The Labute approximate surface area is 181 Å². The summed E-state index contributed by atoms with van der Waals surface area (Å²) < 4.78 is 1.49. The highest BCUT2D eigenvalue weighted by Crippen LogP contribution is 2.37. The van der Waals surface area contributed by atoms with Crippen molar-refractivity contribution in [3.05, 3.63) is 44.2 Å². The van der Waals surface area contributed by atoms with Crippen molar-refractivity contribution in [2.24, 2.45) is 12.8 Å². The molecule has 0 amide bonds. The molecule has 0 bridgehead atoms. The first-order chi connectivity index (χ1) is 14.2. The van der Waals surface area contributed by atoms with Crippen LogP contribution in [0.3, 0.4) is 0 Å². The molecule has 5 N–H and O–H groups in total. The van der Waals surface area contributed by atoms with Crippen LogP contribution >= 0.6 is 23.4 Å². The van der Waals surface area contributed by atoms with Crippen molar-refractivity contribution in [3.63, 3.8) is 0 Å². The van der Waals surface area contributed by atoms with E-state index in [9.17, 15) is 9.59 Å². The SMILES string of the molecule is Cn1c(N2CCC(C)(N)CC2)nc(N)c(Sc2ccc3nc[nH]c(=O)c3c2Cl)c1=O. The molecular weight excluding hydrogens is 426 g/mol. The smallest absolute Gasteiger partial charge is 0.270 e. The number of aromatic amines is 1. The maximum Gasteiger partial charge on any atom is 0.270 e. The number of fused-ring (bicyclic) bond motifs is 1. The molecule has 3 heterocycles. The average Bonchev–Trinajstić information content (AvgIpc) is 2.70. The maximum atomic E-state index is 13.1. The minimum Gasteiger partial charge on any atom is -0.382 e. The maximum absolute atomic E-state index is 13.1. The van der Waals surface area contributed by atoms with Crippen LogP contribution in [0.5, 0.6) is 0 Å². The Morgan fingerprint density at radius 1 is 1.27 bits per heavy atom. The third-order valence-electron chi connectivity index (χ3n) is 5.36. The number of nitrogen functional groups attached to an aromatic ring is 1. The van der Waals surface area contributed by atoms with Gasteiger partial charge in [-0.1, -0.05) is 23.4 Å². The topological polar surface area (TPSA) is 136 Å². The van der Waals surface area contributed by atoms with Gasteiger partial charge in [0.05, 0.1) is 22.3 Å². The van der Waals surface area contributed by atoms with Crippen LogP contribution in [-0.2, 0) is 7.05 Å². The molecule has 1 aliphatic rings. The summed E-state index contributed by atoms with van der Waals surface area (Å²) in [6.45, 7) is 3.43. The summed E-state index contributed by atoms with van der Waals surface area (Å²) in [4.78, 5) is 39.1. The van der Waals surface area contributed by atoms with E-state index in [2.05, 4.69) is 15.0 Å². The molecule has 0 spiro atoms. The fourth-order valence-corrected chi connectivity index (χ4v) is 4.76. The highest BCUT2D eigenvalue weighted by molar-refractivity contribution is 7.99. The Hall–Kier alpha value is -2.56. The molecule has 0 atom stereocenters. The van der Waals surface area contributed by atoms with E-state index in [1.165, 1.54) is 10.9 Å². The van der Waals surface area contributed by atoms with Crippen molar-refractivity contribution in [1.82, 2.24) is 19.5 Å². The van der Waals surface area contributed by atoms with Crippen LogP contribution < -0.4 is 27.5 Å². The Balaban J connectivity index is 1.71. The van der Waals surface area contributed by atoms with Gasteiger partial charge < -0.3 is 21.4 Å². The van der Waals surface area contributed by atoms with E-state index >= 15 is 0 Å². The van der Waals surface area contributed by atoms with Crippen LogP contribution in [0.1, 0.15) is 19.8 Å².